The van der Waals surface area contributed by atoms with E-state index in [1.165, 1.54) is 0 Å². The Morgan fingerprint density at radius 1 is 1.15 bits per heavy atom. The van der Waals surface area contributed by atoms with Crippen LogP contribution in [-0.2, 0) is 27.8 Å². The Hall–Kier alpha value is -2.26. The lowest BCUT2D eigenvalue weighted by molar-refractivity contribution is -0.121. The molecule has 0 saturated heterocycles. The van der Waals surface area contributed by atoms with Crippen molar-refractivity contribution >= 4 is 15.9 Å². The number of hydrogen-bond acceptors (Lipinski definition) is 6. The van der Waals surface area contributed by atoms with Gasteiger partial charge in [0.2, 0.25) is 21.8 Å². The Morgan fingerprint density at radius 2 is 1.89 bits per heavy atom. The topological polar surface area (TPSA) is 114 Å². The number of sulfonamides is 1. The van der Waals surface area contributed by atoms with Crippen molar-refractivity contribution in [2.75, 3.05) is 0 Å². The number of nitrogens with zero attached hydrogens (tertiary/aromatic N) is 2. The van der Waals surface area contributed by atoms with E-state index in [0.29, 0.717) is 24.7 Å². The van der Waals surface area contributed by atoms with Crippen molar-refractivity contribution in [3.63, 3.8) is 0 Å². The third-order valence-corrected chi connectivity index (χ3v) is 6.17. The number of rotatable bonds is 9. The number of carbonyl (C=O) groups excluding carboxylic acids is 1. The summed E-state index contributed by atoms with van der Waals surface area (Å²) in [7, 11) is -3.44. The summed E-state index contributed by atoms with van der Waals surface area (Å²) in [5.41, 5.74) is 0.907. The lowest BCUT2D eigenvalue weighted by Crippen LogP contribution is -2.25. The zero-order valence-electron chi connectivity index (χ0n) is 14.8. The molecule has 0 radical (unpaired) electrons. The molecule has 0 unspecified atom stereocenters. The number of amides is 1. The zero-order valence-corrected chi connectivity index (χ0v) is 15.7. The van der Waals surface area contributed by atoms with Crippen LogP contribution in [0.3, 0.4) is 0 Å². The van der Waals surface area contributed by atoms with Gasteiger partial charge in [0, 0.05) is 18.4 Å². The monoisotopic (exact) mass is 390 g/mol. The van der Waals surface area contributed by atoms with Crippen molar-refractivity contribution in [3.05, 3.63) is 41.5 Å². The summed E-state index contributed by atoms with van der Waals surface area (Å²) in [6.07, 6.45) is 4.83. The van der Waals surface area contributed by atoms with Crippen LogP contribution in [0.4, 0.5) is 0 Å². The molecule has 144 valence electrons. The molecule has 2 aliphatic rings. The minimum absolute atomic E-state index is 0.0811. The van der Waals surface area contributed by atoms with Crippen LogP contribution in [0, 0.1) is 0 Å². The van der Waals surface area contributed by atoms with Crippen LogP contribution >= 0.6 is 0 Å². The van der Waals surface area contributed by atoms with E-state index >= 15 is 0 Å². The molecule has 1 aromatic heterocycles. The van der Waals surface area contributed by atoms with Crippen molar-refractivity contribution in [2.45, 2.75) is 61.9 Å². The molecule has 2 N–H and O–H groups in total. The van der Waals surface area contributed by atoms with E-state index in [9.17, 15) is 13.2 Å². The fourth-order valence-corrected chi connectivity index (χ4v) is 4.00. The van der Waals surface area contributed by atoms with Crippen molar-refractivity contribution in [3.8, 4) is 0 Å². The standard InChI is InChI=1S/C18H22N4O4S/c23-16(19-11-17-20-18(21-26-17)13-4-5-13)10-3-12-1-8-15(9-2-12)27(24,25)22-14-6-7-14/h1-2,8-9,13-14,22H,3-7,10-11H2,(H,19,23). The lowest BCUT2D eigenvalue weighted by atomic mass is 10.1. The lowest BCUT2D eigenvalue weighted by Gasteiger charge is -2.07. The molecule has 0 aliphatic heterocycles. The molecule has 2 fully saturated rings. The summed E-state index contributed by atoms with van der Waals surface area (Å²) in [4.78, 5) is 16.5. The summed E-state index contributed by atoms with van der Waals surface area (Å²) in [5, 5.41) is 6.67. The molecule has 1 aromatic carbocycles. The SMILES string of the molecule is O=C(CCc1ccc(S(=O)(=O)NC2CC2)cc1)NCc1nc(C2CC2)no1. The van der Waals surface area contributed by atoms with E-state index in [0.717, 1.165) is 37.1 Å². The Bertz CT molecular complexity index is 915. The quantitative estimate of drug-likeness (QED) is 0.673. The first-order valence-electron chi connectivity index (χ1n) is 9.20. The predicted octanol–water partition coefficient (Wildman–Crippen LogP) is 1.64. The number of hydrogen-bond donors (Lipinski definition) is 2. The van der Waals surface area contributed by atoms with Crippen LogP contribution in [0.1, 0.15) is 55.3 Å². The summed E-state index contributed by atoms with van der Waals surface area (Å²) in [6.45, 7) is 0.225. The van der Waals surface area contributed by atoms with Crippen LogP contribution in [0.2, 0.25) is 0 Å². The predicted molar refractivity (Wildman–Crippen MR) is 96.2 cm³/mol. The minimum atomic E-state index is -3.44. The number of nitrogens with one attached hydrogen (secondary N) is 2. The Kier molecular flexibility index (Phi) is 4.96. The number of carbonyl (C=O) groups is 1. The Balaban J connectivity index is 1.23. The molecule has 2 saturated carbocycles. The summed E-state index contributed by atoms with van der Waals surface area (Å²) >= 11 is 0. The van der Waals surface area contributed by atoms with E-state index < -0.39 is 10.0 Å². The maximum absolute atomic E-state index is 12.1. The van der Waals surface area contributed by atoms with E-state index in [1.54, 1.807) is 24.3 Å². The maximum atomic E-state index is 12.1. The molecule has 0 atom stereocenters. The van der Waals surface area contributed by atoms with Gasteiger partial charge in [0.1, 0.15) is 0 Å². The van der Waals surface area contributed by atoms with Crippen LogP contribution in [-0.4, -0.2) is 30.5 Å². The molecule has 4 rings (SSSR count). The average molecular weight is 390 g/mol. The third-order valence-electron chi connectivity index (χ3n) is 4.64. The molecule has 0 bridgehead atoms. The minimum Gasteiger partial charge on any atom is -0.347 e. The van der Waals surface area contributed by atoms with Gasteiger partial charge < -0.3 is 9.84 Å². The van der Waals surface area contributed by atoms with Gasteiger partial charge in [-0.05, 0) is 49.8 Å². The van der Waals surface area contributed by atoms with Gasteiger partial charge in [0.05, 0.1) is 11.4 Å². The molecule has 2 aliphatic carbocycles. The highest BCUT2D eigenvalue weighted by Crippen LogP contribution is 2.38. The number of benzene rings is 1. The summed E-state index contributed by atoms with van der Waals surface area (Å²) < 4.78 is 32.0. The van der Waals surface area contributed by atoms with E-state index in [1.807, 2.05) is 0 Å². The van der Waals surface area contributed by atoms with Gasteiger partial charge in [-0.25, -0.2) is 13.1 Å². The molecule has 27 heavy (non-hydrogen) atoms. The number of aryl methyl sites for hydroxylation is 1. The van der Waals surface area contributed by atoms with E-state index in [4.69, 9.17) is 4.52 Å². The second-order valence-electron chi connectivity index (χ2n) is 7.14. The second-order valence-corrected chi connectivity index (χ2v) is 8.85. The van der Waals surface area contributed by atoms with Gasteiger partial charge in [-0.15, -0.1) is 0 Å². The molecule has 2 aromatic rings. The van der Waals surface area contributed by atoms with Gasteiger partial charge in [0.15, 0.2) is 5.82 Å². The smallest absolute Gasteiger partial charge is 0.246 e. The highest BCUT2D eigenvalue weighted by Gasteiger charge is 2.29. The Labute approximate surface area is 157 Å². The third kappa shape index (κ3) is 4.92. The first-order valence-corrected chi connectivity index (χ1v) is 10.7. The first-order chi connectivity index (χ1) is 13.0. The van der Waals surface area contributed by atoms with Crippen LogP contribution in [0.25, 0.3) is 0 Å². The van der Waals surface area contributed by atoms with Crippen LogP contribution in [0.5, 0.6) is 0 Å². The van der Waals surface area contributed by atoms with E-state index in [-0.39, 0.29) is 23.4 Å². The average Bonchev–Trinajstić information content (AvgIpc) is 3.59. The number of aromatic nitrogens is 2. The highest BCUT2D eigenvalue weighted by molar-refractivity contribution is 7.89. The highest BCUT2D eigenvalue weighted by atomic mass is 32.2. The zero-order chi connectivity index (χ0) is 18.9. The van der Waals surface area contributed by atoms with Crippen LogP contribution in [0.15, 0.2) is 33.7 Å². The van der Waals surface area contributed by atoms with Crippen molar-refractivity contribution in [2.24, 2.45) is 0 Å². The first kappa shape index (κ1) is 18.1. The van der Waals surface area contributed by atoms with Crippen molar-refractivity contribution in [1.82, 2.24) is 20.2 Å². The molecule has 1 amide bonds. The maximum Gasteiger partial charge on any atom is 0.246 e. The molecule has 0 spiro atoms. The Morgan fingerprint density at radius 3 is 2.56 bits per heavy atom. The van der Waals surface area contributed by atoms with Gasteiger partial charge in [0.25, 0.3) is 0 Å². The fraction of sp³-hybridized carbons (Fsp3) is 0.500. The second kappa shape index (κ2) is 7.40. The van der Waals surface area contributed by atoms with Gasteiger partial charge in [-0.1, -0.05) is 17.3 Å². The normalized spacial score (nSPS) is 17.0. The van der Waals surface area contributed by atoms with Gasteiger partial charge in [-0.3, -0.25) is 4.79 Å². The molecular formula is C18H22N4O4S. The molecular weight excluding hydrogens is 368 g/mol. The largest absolute Gasteiger partial charge is 0.347 e. The van der Waals surface area contributed by atoms with Gasteiger partial charge in [-0.2, -0.15) is 4.98 Å². The summed E-state index contributed by atoms with van der Waals surface area (Å²) in [5.74, 6) is 1.45. The van der Waals surface area contributed by atoms with E-state index in [2.05, 4.69) is 20.2 Å². The molecule has 8 nitrogen and oxygen atoms in total. The van der Waals surface area contributed by atoms with Gasteiger partial charge >= 0.3 is 0 Å². The van der Waals surface area contributed by atoms with Crippen molar-refractivity contribution in [1.29, 1.82) is 0 Å². The molecule has 1 heterocycles. The van der Waals surface area contributed by atoms with Crippen molar-refractivity contribution < 1.29 is 17.7 Å². The molecule has 9 heteroatoms. The summed E-state index contributed by atoms with van der Waals surface area (Å²) in [6, 6.07) is 6.73. The fourth-order valence-electron chi connectivity index (χ4n) is 2.69. The van der Waals surface area contributed by atoms with Crippen LogP contribution < -0.4 is 10.0 Å².